The smallest absolute Gasteiger partial charge is 0.231 e. The number of hydrogen-bond donors (Lipinski definition) is 1. The van der Waals surface area contributed by atoms with Gasteiger partial charge in [0, 0.05) is 17.8 Å². The van der Waals surface area contributed by atoms with Crippen LogP contribution < -0.4 is 14.8 Å². The summed E-state index contributed by atoms with van der Waals surface area (Å²) in [5.74, 6) is 2.36. The molecular weight excluding hydrogens is 266 g/mol. The number of nitrogens with zero attached hydrogens (tertiary/aromatic N) is 2. The van der Waals surface area contributed by atoms with Crippen molar-refractivity contribution in [2.24, 2.45) is 0 Å². The molecule has 0 unspecified atom stereocenters. The normalized spacial score (nSPS) is 12.6. The van der Waals surface area contributed by atoms with Crippen molar-refractivity contribution < 1.29 is 9.47 Å². The van der Waals surface area contributed by atoms with Crippen LogP contribution in [0.2, 0.25) is 0 Å². The SMILES string of the molecule is c1ccc(CNc2nccc3cc4c(cc23)OCO4)nc1. The third kappa shape index (κ3) is 2.23. The van der Waals surface area contributed by atoms with E-state index in [4.69, 9.17) is 9.47 Å². The Labute approximate surface area is 121 Å². The third-order valence-corrected chi connectivity index (χ3v) is 3.42. The van der Waals surface area contributed by atoms with E-state index >= 15 is 0 Å². The molecule has 0 saturated carbocycles. The molecule has 3 heterocycles. The molecule has 0 saturated heterocycles. The van der Waals surface area contributed by atoms with Gasteiger partial charge in [-0.15, -0.1) is 0 Å². The first-order chi connectivity index (χ1) is 10.4. The van der Waals surface area contributed by atoms with E-state index in [1.165, 1.54) is 0 Å². The zero-order valence-corrected chi connectivity index (χ0v) is 11.2. The maximum atomic E-state index is 5.43. The second-order valence-electron chi connectivity index (χ2n) is 4.76. The van der Waals surface area contributed by atoms with Gasteiger partial charge in [-0.3, -0.25) is 4.98 Å². The summed E-state index contributed by atoms with van der Waals surface area (Å²) in [5, 5.41) is 5.40. The standard InChI is InChI=1S/C16H13N3O2/c1-2-5-17-12(3-1)9-19-16-13-8-15-14(20-10-21-15)7-11(13)4-6-18-16/h1-8H,9-10H2,(H,18,19). The highest BCUT2D eigenvalue weighted by Crippen LogP contribution is 2.37. The van der Waals surface area contributed by atoms with Crippen LogP contribution in [-0.4, -0.2) is 16.8 Å². The number of anilines is 1. The molecular formula is C16H13N3O2. The van der Waals surface area contributed by atoms with Gasteiger partial charge in [-0.25, -0.2) is 4.98 Å². The van der Waals surface area contributed by atoms with Crippen LogP contribution in [0.25, 0.3) is 10.8 Å². The Kier molecular flexibility index (Phi) is 2.81. The van der Waals surface area contributed by atoms with Gasteiger partial charge in [0.1, 0.15) is 5.82 Å². The number of fused-ring (bicyclic) bond motifs is 2. The summed E-state index contributed by atoms with van der Waals surface area (Å²) in [4.78, 5) is 8.71. The number of hydrogen-bond acceptors (Lipinski definition) is 5. The van der Waals surface area contributed by atoms with Crippen LogP contribution in [0.5, 0.6) is 11.5 Å². The third-order valence-electron chi connectivity index (χ3n) is 3.42. The van der Waals surface area contributed by atoms with Crippen molar-refractivity contribution in [3.8, 4) is 11.5 Å². The summed E-state index contributed by atoms with van der Waals surface area (Å²) in [6.45, 7) is 0.900. The molecule has 5 heteroatoms. The molecule has 1 aromatic carbocycles. The van der Waals surface area contributed by atoms with E-state index in [9.17, 15) is 0 Å². The van der Waals surface area contributed by atoms with Crippen LogP contribution in [0.15, 0.2) is 48.8 Å². The first-order valence-electron chi connectivity index (χ1n) is 6.72. The average molecular weight is 279 g/mol. The minimum absolute atomic E-state index is 0.274. The van der Waals surface area contributed by atoms with E-state index in [0.29, 0.717) is 6.54 Å². The lowest BCUT2D eigenvalue weighted by atomic mass is 10.1. The molecule has 0 fully saturated rings. The van der Waals surface area contributed by atoms with Crippen LogP contribution in [0.4, 0.5) is 5.82 Å². The lowest BCUT2D eigenvalue weighted by Gasteiger charge is -2.09. The molecule has 0 bridgehead atoms. The first-order valence-corrected chi connectivity index (χ1v) is 6.72. The molecule has 0 atom stereocenters. The predicted octanol–water partition coefficient (Wildman–Crippen LogP) is 2.97. The Hall–Kier alpha value is -2.82. The van der Waals surface area contributed by atoms with E-state index in [1.54, 1.807) is 12.4 Å². The highest BCUT2D eigenvalue weighted by atomic mass is 16.7. The fourth-order valence-electron chi connectivity index (χ4n) is 2.38. The predicted molar refractivity (Wildman–Crippen MR) is 79.4 cm³/mol. The highest BCUT2D eigenvalue weighted by molar-refractivity contribution is 5.94. The lowest BCUT2D eigenvalue weighted by Crippen LogP contribution is -2.03. The number of nitrogens with one attached hydrogen (secondary N) is 1. The zero-order valence-electron chi connectivity index (χ0n) is 11.2. The van der Waals surface area contributed by atoms with Crippen LogP contribution in [0.3, 0.4) is 0 Å². The number of benzene rings is 1. The molecule has 0 amide bonds. The summed E-state index contributed by atoms with van der Waals surface area (Å²) in [6.07, 6.45) is 3.57. The van der Waals surface area contributed by atoms with Crippen molar-refractivity contribution in [3.63, 3.8) is 0 Å². The summed E-state index contributed by atoms with van der Waals surface area (Å²) in [7, 11) is 0. The van der Waals surface area contributed by atoms with E-state index in [2.05, 4.69) is 15.3 Å². The Bertz CT molecular complexity index is 790. The molecule has 4 rings (SSSR count). The van der Waals surface area contributed by atoms with Crippen molar-refractivity contribution in [1.29, 1.82) is 0 Å². The molecule has 5 nitrogen and oxygen atoms in total. The first kappa shape index (κ1) is 12.0. The molecule has 1 N–H and O–H groups in total. The lowest BCUT2D eigenvalue weighted by molar-refractivity contribution is 0.174. The molecule has 1 aliphatic rings. The van der Waals surface area contributed by atoms with E-state index in [-0.39, 0.29) is 6.79 Å². The molecule has 0 radical (unpaired) electrons. The number of pyridine rings is 2. The fraction of sp³-hybridized carbons (Fsp3) is 0.125. The maximum absolute atomic E-state index is 5.43. The topological polar surface area (TPSA) is 56.3 Å². The molecule has 2 aromatic heterocycles. The number of ether oxygens (including phenoxy) is 2. The quantitative estimate of drug-likeness (QED) is 0.798. The second-order valence-corrected chi connectivity index (χ2v) is 4.76. The number of aromatic nitrogens is 2. The summed E-state index contributed by atoms with van der Waals surface area (Å²) in [6, 6.07) is 11.8. The molecule has 3 aromatic rings. The van der Waals surface area contributed by atoms with Crippen molar-refractivity contribution >= 4 is 16.6 Å². The zero-order chi connectivity index (χ0) is 14.1. The summed E-state index contributed by atoms with van der Waals surface area (Å²) in [5.41, 5.74) is 0.969. The minimum Gasteiger partial charge on any atom is -0.454 e. The summed E-state index contributed by atoms with van der Waals surface area (Å²) >= 11 is 0. The van der Waals surface area contributed by atoms with Gasteiger partial charge in [0.05, 0.1) is 12.2 Å². The summed E-state index contributed by atoms with van der Waals surface area (Å²) < 4.78 is 10.8. The highest BCUT2D eigenvalue weighted by Gasteiger charge is 2.15. The molecule has 0 aliphatic carbocycles. The monoisotopic (exact) mass is 279 g/mol. The number of rotatable bonds is 3. The maximum Gasteiger partial charge on any atom is 0.231 e. The van der Waals surface area contributed by atoms with Crippen molar-refractivity contribution in [3.05, 3.63) is 54.5 Å². The minimum atomic E-state index is 0.274. The van der Waals surface area contributed by atoms with Gasteiger partial charge in [-0.05, 0) is 35.7 Å². The van der Waals surface area contributed by atoms with Crippen LogP contribution >= 0.6 is 0 Å². The molecule has 1 aliphatic heterocycles. The average Bonchev–Trinajstić information content (AvgIpc) is 2.99. The van der Waals surface area contributed by atoms with E-state index in [0.717, 1.165) is 33.8 Å². The van der Waals surface area contributed by atoms with E-state index < -0.39 is 0 Å². The van der Waals surface area contributed by atoms with Crippen LogP contribution in [-0.2, 0) is 6.54 Å². The Morgan fingerprint density at radius 1 is 1.00 bits per heavy atom. The molecule has 21 heavy (non-hydrogen) atoms. The van der Waals surface area contributed by atoms with Gasteiger partial charge in [0.15, 0.2) is 11.5 Å². The second kappa shape index (κ2) is 4.94. The van der Waals surface area contributed by atoms with Gasteiger partial charge in [0.2, 0.25) is 6.79 Å². The van der Waals surface area contributed by atoms with Gasteiger partial charge >= 0.3 is 0 Å². The van der Waals surface area contributed by atoms with Crippen molar-refractivity contribution in [2.45, 2.75) is 6.54 Å². The van der Waals surface area contributed by atoms with Crippen molar-refractivity contribution in [1.82, 2.24) is 9.97 Å². The Morgan fingerprint density at radius 2 is 1.90 bits per heavy atom. The van der Waals surface area contributed by atoms with E-state index in [1.807, 2.05) is 36.4 Å². The van der Waals surface area contributed by atoms with Gasteiger partial charge in [-0.1, -0.05) is 6.07 Å². The molecule has 0 spiro atoms. The van der Waals surface area contributed by atoms with Gasteiger partial charge in [0.25, 0.3) is 0 Å². The largest absolute Gasteiger partial charge is 0.454 e. The Morgan fingerprint density at radius 3 is 2.76 bits per heavy atom. The molecule has 104 valence electrons. The van der Waals surface area contributed by atoms with Gasteiger partial charge < -0.3 is 14.8 Å². The van der Waals surface area contributed by atoms with Crippen LogP contribution in [0.1, 0.15) is 5.69 Å². The Balaban J connectivity index is 1.68. The van der Waals surface area contributed by atoms with Gasteiger partial charge in [-0.2, -0.15) is 0 Å². The van der Waals surface area contributed by atoms with Crippen LogP contribution in [0, 0.1) is 0 Å². The fourth-order valence-corrected chi connectivity index (χ4v) is 2.38. The van der Waals surface area contributed by atoms with Crippen molar-refractivity contribution in [2.75, 3.05) is 12.1 Å².